The van der Waals surface area contributed by atoms with Gasteiger partial charge in [-0.15, -0.1) is 11.3 Å². The number of hydrogen-bond acceptors (Lipinski definition) is 3. The van der Waals surface area contributed by atoms with Crippen molar-refractivity contribution < 1.29 is 9.59 Å². The molecule has 20 heavy (non-hydrogen) atoms. The summed E-state index contributed by atoms with van der Waals surface area (Å²) in [4.78, 5) is 28.4. The Labute approximate surface area is 123 Å². The number of rotatable bonds is 1. The van der Waals surface area contributed by atoms with Crippen molar-refractivity contribution in [3.63, 3.8) is 0 Å². The van der Waals surface area contributed by atoms with Crippen molar-refractivity contribution in [2.75, 3.05) is 19.6 Å². The number of hydrogen-bond donors (Lipinski definition) is 1. The highest BCUT2D eigenvalue weighted by Crippen LogP contribution is 2.38. The number of carbonyl (C=O) groups excluding carboxylic acids is 2. The fourth-order valence-electron chi connectivity index (χ4n) is 3.30. The number of nitrogens with one attached hydrogen (secondary N) is 1. The number of thiophene rings is 1. The Morgan fingerprint density at radius 3 is 2.80 bits per heavy atom. The van der Waals surface area contributed by atoms with E-state index in [1.165, 1.54) is 0 Å². The van der Waals surface area contributed by atoms with Gasteiger partial charge in [0.2, 0.25) is 5.91 Å². The van der Waals surface area contributed by atoms with Gasteiger partial charge in [0, 0.05) is 24.5 Å². The first-order chi connectivity index (χ1) is 9.61. The van der Waals surface area contributed by atoms with Crippen LogP contribution in [0.4, 0.5) is 0 Å². The van der Waals surface area contributed by atoms with Crippen molar-refractivity contribution in [3.05, 3.63) is 21.9 Å². The first-order valence-corrected chi connectivity index (χ1v) is 8.06. The molecule has 1 spiro atoms. The molecule has 0 saturated carbocycles. The molecule has 2 fully saturated rings. The van der Waals surface area contributed by atoms with Gasteiger partial charge in [0.25, 0.3) is 5.91 Å². The summed E-state index contributed by atoms with van der Waals surface area (Å²) in [5.74, 6) is 0.317. The smallest absolute Gasteiger partial charge is 0.263 e. The van der Waals surface area contributed by atoms with E-state index in [2.05, 4.69) is 5.32 Å². The van der Waals surface area contributed by atoms with E-state index in [4.69, 9.17) is 0 Å². The van der Waals surface area contributed by atoms with Gasteiger partial charge in [-0.3, -0.25) is 9.59 Å². The van der Waals surface area contributed by atoms with Gasteiger partial charge in [-0.25, -0.2) is 0 Å². The van der Waals surface area contributed by atoms with Crippen molar-refractivity contribution in [2.45, 2.75) is 32.6 Å². The van der Waals surface area contributed by atoms with Crippen LogP contribution in [0.2, 0.25) is 0 Å². The zero-order valence-corrected chi connectivity index (χ0v) is 12.6. The number of nitrogens with zero attached hydrogens (tertiary/aromatic N) is 1. The SMILES string of the molecule is Cc1ccc(C(=O)N2CCCC3(CCNC3=O)CC2)s1. The molecule has 0 aliphatic carbocycles. The van der Waals surface area contributed by atoms with Crippen LogP contribution < -0.4 is 5.32 Å². The van der Waals surface area contributed by atoms with Crippen LogP contribution in [-0.2, 0) is 4.79 Å². The monoisotopic (exact) mass is 292 g/mol. The molecular weight excluding hydrogens is 272 g/mol. The summed E-state index contributed by atoms with van der Waals surface area (Å²) in [7, 11) is 0. The molecule has 0 aromatic carbocycles. The number of carbonyl (C=O) groups is 2. The second kappa shape index (κ2) is 5.20. The lowest BCUT2D eigenvalue weighted by atomic mass is 9.79. The van der Waals surface area contributed by atoms with E-state index in [0.717, 1.165) is 48.5 Å². The molecule has 3 rings (SSSR count). The summed E-state index contributed by atoms with van der Waals surface area (Å²) < 4.78 is 0. The molecule has 3 heterocycles. The molecule has 2 aliphatic heterocycles. The molecule has 2 saturated heterocycles. The van der Waals surface area contributed by atoms with Gasteiger partial charge in [-0.1, -0.05) is 0 Å². The molecule has 1 aromatic heterocycles. The Kier molecular flexibility index (Phi) is 3.54. The highest BCUT2D eigenvalue weighted by atomic mass is 32.1. The van der Waals surface area contributed by atoms with E-state index < -0.39 is 0 Å². The van der Waals surface area contributed by atoms with Gasteiger partial charge in [0.1, 0.15) is 0 Å². The second-order valence-corrected chi connectivity index (χ2v) is 7.13. The molecule has 0 bridgehead atoms. The third-order valence-electron chi connectivity index (χ3n) is 4.55. The van der Waals surface area contributed by atoms with Gasteiger partial charge < -0.3 is 10.2 Å². The molecule has 1 N–H and O–H groups in total. The molecule has 4 nitrogen and oxygen atoms in total. The van der Waals surface area contributed by atoms with Crippen LogP contribution in [0.3, 0.4) is 0 Å². The average molecular weight is 292 g/mol. The molecular formula is C15H20N2O2S. The molecule has 1 aromatic rings. The zero-order chi connectivity index (χ0) is 14.2. The van der Waals surface area contributed by atoms with Gasteiger partial charge >= 0.3 is 0 Å². The van der Waals surface area contributed by atoms with Gasteiger partial charge in [0.05, 0.1) is 10.3 Å². The van der Waals surface area contributed by atoms with Crippen LogP contribution in [-0.4, -0.2) is 36.3 Å². The minimum absolute atomic E-state index is 0.124. The van der Waals surface area contributed by atoms with Crippen molar-refractivity contribution in [3.8, 4) is 0 Å². The van der Waals surface area contributed by atoms with Crippen LogP contribution in [0.5, 0.6) is 0 Å². The van der Waals surface area contributed by atoms with Crippen molar-refractivity contribution >= 4 is 23.2 Å². The summed E-state index contributed by atoms with van der Waals surface area (Å²) >= 11 is 1.55. The third kappa shape index (κ3) is 2.35. The summed E-state index contributed by atoms with van der Waals surface area (Å²) in [5.41, 5.74) is -0.208. The van der Waals surface area contributed by atoms with E-state index in [1.54, 1.807) is 11.3 Å². The predicted molar refractivity (Wildman–Crippen MR) is 78.9 cm³/mol. The maximum Gasteiger partial charge on any atom is 0.263 e. The summed E-state index contributed by atoms with van der Waals surface area (Å²) in [6, 6.07) is 3.90. The first-order valence-electron chi connectivity index (χ1n) is 7.25. The molecule has 2 aliphatic rings. The Balaban J connectivity index is 1.71. The summed E-state index contributed by atoms with van der Waals surface area (Å²) in [6.07, 6.45) is 3.55. The summed E-state index contributed by atoms with van der Waals surface area (Å²) in [6.45, 7) is 4.27. The Bertz CT molecular complexity index is 540. The molecule has 1 unspecified atom stereocenters. The molecule has 0 radical (unpaired) electrons. The molecule has 108 valence electrons. The van der Waals surface area contributed by atoms with Crippen molar-refractivity contribution in [2.24, 2.45) is 5.41 Å². The quantitative estimate of drug-likeness (QED) is 0.862. The van der Waals surface area contributed by atoms with E-state index in [0.29, 0.717) is 6.54 Å². The predicted octanol–water partition coefficient (Wildman–Crippen LogP) is 2.19. The highest BCUT2D eigenvalue weighted by molar-refractivity contribution is 7.13. The van der Waals surface area contributed by atoms with Crippen LogP contribution >= 0.6 is 11.3 Å². The summed E-state index contributed by atoms with van der Waals surface area (Å²) in [5, 5.41) is 2.95. The topological polar surface area (TPSA) is 49.4 Å². The largest absolute Gasteiger partial charge is 0.356 e. The van der Waals surface area contributed by atoms with E-state index in [-0.39, 0.29) is 17.2 Å². The molecule has 2 amide bonds. The first kappa shape index (κ1) is 13.6. The van der Waals surface area contributed by atoms with Gasteiger partial charge in [0.15, 0.2) is 0 Å². The van der Waals surface area contributed by atoms with E-state index >= 15 is 0 Å². The lowest BCUT2D eigenvalue weighted by Gasteiger charge is -2.24. The molecule has 1 atom stereocenters. The maximum atomic E-state index is 12.5. The normalized spacial score (nSPS) is 26.6. The third-order valence-corrected chi connectivity index (χ3v) is 5.54. The lowest BCUT2D eigenvalue weighted by Crippen LogP contribution is -2.34. The number of likely N-dealkylation sites (tertiary alicyclic amines) is 1. The van der Waals surface area contributed by atoms with Gasteiger partial charge in [-0.2, -0.15) is 0 Å². The van der Waals surface area contributed by atoms with E-state index in [9.17, 15) is 9.59 Å². The standard InChI is InChI=1S/C15H20N2O2S/c1-11-3-4-12(20-11)13(18)17-9-2-5-15(7-10-17)6-8-16-14(15)19/h3-4H,2,5-10H2,1H3,(H,16,19). The van der Waals surface area contributed by atoms with Crippen LogP contribution in [0.25, 0.3) is 0 Å². The average Bonchev–Trinajstić information content (AvgIpc) is 2.93. The zero-order valence-electron chi connectivity index (χ0n) is 11.8. The van der Waals surface area contributed by atoms with Crippen LogP contribution in [0, 0.1) is 12.3 Å². The molecule has 5 heteroatoms. The highest BCUT2D eigenvalue weighted by Gasteiger charge is 2.43. The minimum atomic E-state index is -0.208. The Morgan fingerprint density at radius 1 is 1.30 bits per heavy atom. The van der Waals surface area contributed by atoms with Crippen LogP contribution in [0.1, 0.15) is 40.2 Å². The Morgan fingerprint density at radius 2 is 2.15 bits per heavy atom. The number of amides is 2. The fourth-order valence-corrected chi connectivity index (χ4v) is 4.13. The fraction of sp³-hybridized carbons (Fsp3) is 0.600. The Hall–Kier alpha value is -1.36. The second-order valence-electron chi connectivity index (χ2n) is 5.84. The van der Waals surface area contributed by atoms with Gasteiger partial charge in [-0.05, 0) is 44.7 Å². The van der Waals surface area contributed by atoms with Crippen molar-refractivity contribution in [1.29, 1.82) is 0 Å². The minimum Gasteiger partial charge on any atom is -0.356 e. The number of aryl methyl sites for hydroxylation is 1. The van der Waals surface area contributed by atoms with E-state index in [1.807, 2.05) is 24.0 Å². The lowest BCUT2D eigenvalue weighted by molar-refractivity contribution is -0.128. The van der Waals surface area contributed by atoms with Crippen LogP contribution in [0.15, 0.2) is 12.1 Å². The maximum absolute atomic E-state index is 12.5. The van der Waals surface area contributed by atoms with Crippen molar-refractivity contribution in [1.82, 2.24) is 10.2 Å².